The van der Waals surface area contributed by atoms with Crippen LogP contribution >= 0.6 is 0 Å². The van der Waals surface area contributed by atoms with E-state index in [-0.39, 0.29) is 17.4 Å². The number of piperidine rings is 1. The first-order chi connectivity index (χ1) is 14.5. The first kappa shape index (κ1) is 20.2. The van der Waals surface area contributed by atoms with Crippen LogP contribution in [0.15, 0.2) is 34.7 Å². The molecule has 8 heteroatoms. The van der Waals surface area contributed by atoms with Crippen LogP contribution in [-0.4, -0.2) is 53.4 Å². The molecule has 2 saturated carbocycles. The van der Waals surface area contributed by atoms with E-state index in [1.165, 1.54) is 6.42 Å². The highest BCUT2D eigenvalue weighted by molar-refractivity contribution is 7.86. The Labute approximate surface area is 178 Å². The van der Waals surface area contributed by atoms with Gasteiger partial charge in [-0.15, -0.1) is 10.2 Å². The summed E-state index contributed by atoms with van der Waals surface area (Å²) in [6, 6.07) is 9.96. The average molecular weight is 431 g/mol. The Morgan fingerprint density at radius 1 is 1.07 bits per heavy atom. The van der Waals surface area contributed by atoms with Crippen LogP contribution in [0.2, 0.25) is 0 Å². The van der Waals surface area contributed by atoms with E-state index in [2.05, 4.69) is 10.2 Å². The first-order valence-corrected chi connectivity index (χ1v) is 12.5. The zero-order valence-corrected chi connectivity index (χ0v) is 18.4. The summed E-state index contributed by atoms with van der Waals surface area (Å²) in [7, 11) is -1.62. The van der Waals surface area contributed by atoms with Gasteiger partial charge in [-0.25, -0.2) is 0 Å². The van der Waals surface area contributed by atoms with Gasteiger partial charge in [-0.2, -0.15) is 17.0 Å². The van der Waals surface area contributed by atoms with Crippen LogP contribution in [0.1, 0.15) is 63.2 Å². The summed E-state index contributed by atoms with van der Waals surface area (Å²) in [5.41, 5.74) is 1.05. The second kappa shape index (κ2) is 7.73. The van der Waals surface area contributed by atoms with Crippen molar-refractivity contribution in [2.45, 2.75) is 63.3 Å². The molecule has 2 heterocycles. The zero-order chi connectivity index (χ0) is 20.8. The monoisotopic (exact) mass is 430 g/mol. The second-order valence-electron chi connectivity index (χ2n) is 9.15. The van der Waals surface area contributed by atoms with Crippen LogP contribution in [0, 0.1) is 5.41 Å². The summed E-state index contributed by atoms with van der Waals surface area (Å²) >= 11 is 0. The third-order valence-electron chi connectivity index (χ3n) is 7.45. The van der Waals surface area contributed by atoms with Gasteiger partial charge in [-0.3, -0.25) is 0 Å². The normalized spacial score (nSPS) is 25.1. The Kier molecular flexibility index (Phi) is 5.19. The van der Waals surface area contributed by atoms with Gasteiger partial charge >= 0.3 is 0 Å². The maximum atomic E-state index is 13.1. The van der Waals surface area contributed by atoms with Crippen molar-refractivity contribution < 1.29 is 12.8 Å². The Hall–Kier alpha value is -1.77. The van der Waals surface area contributed by atoms with E-state index in [1.54, 1.807) is 15.7 Å². The van der Waals surface area contributed by atoms with Gasteiger partial charge < -0.3 is 4.42 Å². The molecule has 30 heavy (non-hydrogen) atoms. The summed E-state index contributed by atoms with van der Waals surface area (Å²) in [4.78, 5) is 0. The summed E-state index contributed by atoms with van der Waals surface area (Å²) in [5, 5.41) is 8.53. The van der Waals surface area contributed by atoms with Gasteiger partial charge in [0.1, 0.15) is 0 Å². The fraction of sp³-hybridized carbons (Fsp3) is 0.636. The molecule has 2 aliphatic carbocycles. The minimum absolute atomic E-state index is 0.121. The van der Waals surface area contributed by atoms with Gasteiger partial charge in [0.05, 0.1) is 0 Å². The van der Waals surface area contributed by atoms with Gasteiger partial charge in [-0.1, -0.05) is 37.5 Å². The fourth-order valence-corrected chi connectivity index (χ4v) is 6.90. The molecule has 1 aliphatic heterocycles. The van der Waals surface area contributed by atoms with Gasteiger partial charge in [0, 0.05) is 37.7 Å². The molecule has 1 aromatic heterocycles. The molecule has 162 valence electrons. The predicted molar refractivity (Wildman–Crippen MR) is 114 cm³/mol. The molecular weight excluding hydrogens is 400 g/mol. The van der Waals surface area contributed by atoms with Crippen molar-refractivity contribution >= 4 is 10.2 Å². The van der Waals surface area contributed by atoms with Crippen LogP contribution in [0.4, 0.5) is 0 Å². The molecule has 3 fully saturated rings. The molecule has 7 nitrogen and oxygen atoms in total. The average Bonchev–Trinajstić information content (AvgIpc) is 3.25. The molecule has 3 aliphatic rings. The minimum Gasteiger partial charge on any atom is -0.420 e. The molecule has 1 unspecified atom stereocenters. The second-order valence-corrected chi connectivity index (χ2v) is 11.1. The van der Waals surface area contributed by atoms with Crippen LogP contribution < -0.4 is 0 Å². The van der Waals surface area contributed by atoms with E-state index in [1.807, 2.05) is 30.3 Å². The Morgan fingerprint density at radius 3 is 2.47 bits per heavy atom. The maximum absolute atomic E-state index is 13.1. The SMILES string of the molecule is CN(C1CCCCC1)S(=O)(=O)N1CCC2(CC1)CC2c1nnc(-c2ccccc2)o1. The molecule has 0 N–H and O–H groups in total. The summed E-state index contributed by atoms with van der Waals surface area (Å²) < 4.78 is 35.6. The minimum atomic E-state index is -3.38. The van der Waals surface area contributed by atoms with Crippen molar-refractivity contribution in [3.63, 3.8) is 0 Å². The van der Waals surface area contributed by atoms with Gasteiger partial charge in [0.2, 0.25) is 11.8 Å². The molecule has 1 atom stereocenters. The molecule has 2 aromatic rings. The number of aromatic nitrogens is 2. The standard InChI is InChI=1S/C22H30N4O3S/c1-25(18-10-6-3-7-11-18)30(27,28)26-14-12-22(13-15-26)16-19(22)21-24-23-20(29-21)17-8-4-2-5-9-17/h2,4-5,8-9,18-19H,3,6-7,10-16H2,1H3. The van der Waals surface area contributed by atoms with Crippen LogP contribution in [0.5, 0.6) is 0 Å². The molecule has 0 amide bonds. The topological polar surface area (TPSA) is 79.5 Å². The van der Waals surface area contributed by atoms with Crippen LogP contribution in [-0.2, 0) is 10.2 Å². The number of hydrogen-bond acceptors (Lipinski definition) is 5. The molecular formula is C22H30N4O3S. The molecule has 1 spiro atoms. The van der Waals surface area contributed by atoms with Gasteiger partial charge in [0.25, 0.3) is 10.2 Å². The van der Waals surface area contributed by atoms with Crippen LogP contribution in [0.25, 0.3) is 11.5 Å². The third kappa shape index (κ3) is 3.59. The quantitative estimate of drug-likeness (QED) is 0.721. The largest absolute Gasteiger partial charge is 0.420 e. The number of benzene rings is 1. The highest BCUT2D eigenvalue weighted by atomic mass is 32.2. The summed E-state index contributed by atoms with van der Waals surface area (Å²) in [6.45, 7) is 1.16. The van der Waals surface area contributed by atoms with Crippen molar-refractivity contribution in [2.24, 2.45) is 5.41 Å². The van der Waals surface area contributed by atoms with E-state index >= 15 is 0 Å². The Balaban J connectivity index is 1.22. The van der Waals surface area contributed by atoms with E-state index in [4.69, 9.17) is 4.42 Å². The Bertz CT molecular complexity index is 977. The van der Waals surface area contributed by atoms with Gasteiger partial charge in [0.15, 0.2) is 0 Å². The molecule has 0 radical (unpaired) electrons. The van der Waals surface area contributed by atoms with Crippen molar-refractivity contribution in [1.29, 1.82) is 0 Å². The summed E-state index contributed by atoms with van der Waals surface area (Å²) in [5.74, 6) is 1.51. The molecule has 1 saturated heterocycles. The lowest BCUT2D eigenvalue weighted by molar-refractivity contribution is 0.216. The van der Waals surface area contributed by atoms with Crippen molar-refractivity contribution in [2.75, 3.05) is 20.1 Å². The van der Waals surface area contributed by atoms with Gasteiger partial charge in [-0.05, 0) is 49.7 Å². The van der Waals surface area contributed by atoms with Crippen molar-refractivity contribution in [3.8, 4) is 11.5 Å². The summed E-state index contributed by atoms with van der Waals surface area (Å²) in [6.07, 6.45) is 8.17. The number of nitrogens with zero attached hydrogens (tertiary/aromatic N) is 4. The van der Waals surface area contributed by atoms with Crippen molar-refractivity contribution in [3.05, 3.63) is 36.2 Å². The van der Waals surface area contributed by atoms with Crippen molar-refractivity contribution in [1.82, 2.24) is 18.8 Å². The first-order valence-electron chi connectivity index (χ1n) is 11.1. The highest BCUT2D eigenvalue weighted by Crippen LogP contribution is 2.64. The van der Waals surface area contributed by atoms with Crippen LogP contribution in [0.3, 0.4) is 0 Å². The lowest BCUT2D eigenvalue weighted by atomic mass is 9.92. The fourth-order valence-electron chi connectivity index (χ4n) is 5.30. The van der Waals surface area contributed by atoms with E-state index in [9.17, 15) is 8.42 Å². The molecule has 1 aromatic carbocycles. The zero-order valence-electron chi connectivity index (χ0n) is 17.5. The highest BCUT2D eigenvalue weighted by Gasteiger charge is 2.59. The number of hydrogen-bond donors (Lipinski definition) is 0. The lowest BCUT2D eigenvalue weighted by Gasteiger charge is -2.37. The Morgan fingerprint density at radius 2 is 1.77 bits per heavy atom. The molecule has 0 bridgehead atoms. The van der Waals surface area contributed by atoms with E-state index < -0.39 is 10.2 Å². The third-order valence-corrected chi connectivity index (χ3v) is 9.49. The predicted octanol–water partition coefficient (Wildman–Crippen LogP) is 3.82. The number of rotatable bonds is 5. The lowest BCUT2D eigenvalue weighted by Crippen LogP contribution is -2.49. The van der Waals surface area contributed by atoms with E-state index in [0.717, 1.165) is 50.5 Å². The smallest absolute Gasteiger partial charge is 0.281 e. The molecule has 5 rings (SSSR count). The maximum Gasteiger partial charge on any atom is 0.281 e. The van der Waals surface area contributed by atoms with E-state index in [0.29, 0.717) is 24.9 Å².